The number of carbonyl (C=O) groups excluding carboxylic acids is 1. The Labute approximate surface area is 153 Å². The predicted octanol–water partition coefficient (Wildman–Crippen LogP) is 2.91. The Kier molecular flexibility index (Phi) is 5.49. The van der Waals surface area contributed by atoms with E-state index in [0.717, 1.165) is 17.1 Å². The number of hydrogen-bond donors (Lipinski definition) is 1. The van der Waals surface area contributed by atoms with Gasteiger partial charge in [0.25, 0.3) is 5.91 Å². The van der Waals surface area contributed by atoms with Gasteiger partial charge in [0.05, 0.1) is 0 Å². The fourth-order valence-electron chi connectivity index (χ4n) is 2.56. The number of aromatic nitrogens is 1. The molecule has 0 saturated carbocycles. The third-order valence-corrected chi connectivity index (χ3v) is 4.07. The van der Waals surface area contributed by atoms with Gasteiger partial charge < -0.3 is 15.4 Å². The molecular weight excluding hydrogens is 326 g/mol. The molecular formula is C21H22N3O2+. The molecule has 3 rings (SSSR count). The van der Waals surface area contributed by atoms with Gasteiger partial charge in [0.15, 0.2) is 18.9 Å². The largest absolute Gasteiger partial charge is 0.487 e. The second-order valence-electron chi connectivity index (χ2n) is 5.95. The Balaban J connectivity index is 1.62. The van der Waals surface area contributed by atoms with Gasteiger partial charge >= 0.3 is 0 Å². The van der Waals surface area contributed by atoms with Crippen LogP contribution < -0.4 is 19.9 Å². The number of nitrogens with two attached hydrogens (primary N) is 1. The van der Waals surface area contributed by atoms with Crippen LogP contribution in [0.5, 0.6) is 5.75 Å². The molecule has 0 fully saturated rings. The van der Waals surface area contributed by atoms with Crippen LogP contribution in [0.25, 0.3) is 0 Å². The van der Waals surface area contributed by atoms with E-state index in [0.29, 0.717) is 18.7 Å². The quantitative estimate of drug-likeness (QED) is 0.697. The van der Waals surface area contributed by atoms with Crippen LogP contribution >= 0.6 is 0 Å². The molecule has 0 unspecified atom stereocenters. The van der Waals surface area contributed by atoms with Crippen LogP contribution in [0, 0.1) is 0 Å². The molecule has 1 aromatic heterocycles. The van der Waals surface area contributed by atoms with Crippen molar-refractivity contribution in [2.45, 2.75) is 6.54 Å². The van der Waals surface area contributed by atoms with E-state index in [2.05, 4.69) is 0 Å². The van der Waals surface area contributed by atoms with Gasteiger partial charge in [-0.3, -0.25) is 4.79 Å². The smallest absolute Gasteiger partial charge is 0.258 e. The van der Waals surface area contributed by atoms with Crippen LogP contribution in [0.4, 0.5) is 11.4 Å². The third kappa shape index (κ3) is 4.39. The molecule has 0 radical (unpaired) electrons. The first-order chi connectivity index (χ1) is 12.6. The lowest BCUT2D eigenvalue weighted by Gasteiger charge is -2.18. The van der Waals surface area contributed by atoms with E-state index >= 15 is 0 Å². The highest BCUT2D eigenvalue weighted by atomic mass is 16.5. The van der Waals surface area contributed by atoms with E-state index in [-0.39, 0.29) is 5.91 Å². The highest BCUT2D eigenvalue weighted by molar-refractivity contribution is 6.05. The zero-order valence-electron chi connectivity index (χ0n) is 14.7. The summed E-state index contributed by atoms with van der Waals surface area (Å²) in [7, 11) is 1.76. The van der Waals surface area contributed by atoms with Crippen LogP contribution in [0.15, 0.2) is 79.1 Å². The van der Waals surface area contributed by atoms with Gasteiger partial charge in [-0.25, -0.2) is 4.57 Å². The average molecular weight is 348 g/mol. The standard InChI is InChI=1S/C21H21N3O2/c1-23(21(25)17-6-3-2-4-7-17)19-8-5-9-20(16-19)26-15-14-24-12-10-18(22)11-13-24/h2-13,16,22H,14-15H2,1H3/p+1. The lowest BCUT2D eigenvalue weighted by atomic mass is 10.2. The summed E-state index contributed by atoms with van der Waals surface area (Å²) in [6, 6.07) is 20.5. The normalized spacial score (nSPS) is 10.3. The molecule has 0 aliphatic carbocycles. The second kappa shape index (κ2) is 8.16. The number of nitrogen functional groups attached to an aromatic ring is 1. The summed E-state index contributed by atoms with van der Waals surface area (Å²) < 4.78 is 7.83. The Bertz CT molecular complexity index is 864. The minimum Gasteiger partial charge on any atom is -0.487 e. The SMILES string of the molecule is CN(C(=O)c1ccccc1)c1cccc(OCC[n+]2ccc(N)cc2)c1. The second-order valence-corrected chi connectivity index (χ2v) is 5.95. The Morgan fingerprint density at radius 2 is 1.77 bits per heavy atom. The highest BCUT2D eigenvalue weighted by Crippen LogP contribution is 2.21. The number of hydrogen-bond acceptors (Lipinski definition) is 3. The maximum Gasteiger partial charge on any atom is 0.258 e. The number of pyridine rings is 1. The van der Waals surface area contributed by atoms with Crippen molar-refractivity contribution in [3.8, 4) is 5.75 Å². The molecule has 1 heterocycles. The van der Waals surface area contributed by atoms with Gasteiger partial charge in [-0.15, -0.1) is 0 Å². The molecule has 132 valence electrons. The van der Waals surface area contributed by atoms with E-state index in [1.54, 1.807) is 11.9 Å². The number of nitrogens with zero attached hydrogens (tertiary/aromatic N) is 2. The summed E-state index contributed by atoms with van der Waals surface area (Å²) in [5.41, 5.74) is 7.86. The molecule has 0 aliphatic heterocycles. The van der Waals surface area contributed by atoms with Gasteiger partial charge in [-0.05, 0) is 24.3 Å². The van der Waals surface area contributed by atoms with Gasteiger partial charge in [0, 0.05) is 42.2 Å². The maximum absolute atomic E-state index is 12.6. The van der Waals surface area contributed by atoms with Gasteiger partial charge in [-0.2, -0.15) is 0 Å². The third-order valence-electron chi connectivity index (χ3n) is 4.07. The van der Waals surface area contributed by atoms with E-state index in [9.17, 15) is 4.79 Å². The van der Waals surface area contributed by atoms with Crippen molar-refractivity contribution in [1.29, 1.82) is 0 Å². The molecule has 3 aromatic rings. The average Bonchev–Trinajstić information content (AvgIpc) is 2.69. The van der Waals surface area contributed by atoms with Crippen LogP contribution in [-0.4, -0.2) is 19.6 Å². The van der Waals surface area contributed by atoms with Crippen LogP contribution in [-0.2, 0) is 6.54 Å². The first kappa shape index (κ1) is 17.5. The van der Waals surface area contributed by atoms with E-state index < -0.39 is 0 Å². The van der Waals surface area contributed by atoms with Crippen LogP contribution in [0.3, 0.4) is 0 Å². The molecule has 0 atom stereocenters. The molecule has 0 bridgehead atoms. The van der Waals surface area contributed by atoms with Gasteiger partial charge in [-0.1, -0.05) is 24.3 Å². The summed E-state index contributed by atoms with van der Waals surface area (Å²) in [6.45, 7) is 1.23. The van der Waals surface area contributed by atoms with Crippen molar-refractivity contribution in [2.24, 2.45) is 0 Å². The molecule has 0 saturated heterocycles. The minimum atomic E-state index is -0.0554. The Hall–Kier alpha value is -3.34. The van der Waals surface area contributed by atoms with Crippen LogP contribution in [0.1, 0.15) is 10.4 Å². The van der Waals surface area contributed by atoms with Crippen molar-refractivity contribution in [3.05, 3.63) is 84.7 Å². The number of anilines is 2. The molecule has 1 amide bonds. The lowest BCUT2D eigenvalue weighted by molar-refractivity contribution is -0.697. The number of amides is 1. The monoisotopic (exact) mass is 348 g/mol. The minimum absolute atomic E-state index is 0.0554. The Morgan fingerprint density at radius 3 is 2.50 bits per heavy atom. The fourth-order valence-corrected chi connectivity index (χ4v) is 2.56. The maximum atomic E-state index is 12.6. The van der Waals surface area contributed by atoms with Gasteiger partial charge in [0.1, 0.15) is 12.4 Å². The molecule has 0 aliphatic rings. The molecule has 5 heteroatoms. The first-order valence-corrected chi connectivity index (χ1v) is 8.44. The lowest BCUT2D eigenvalue weighted by Crippen LogP contribution is -2.35. The first-order valence-electron chi connectivity index (χ1n) is 8.44. The van der Waals surface area contributed by atoms with Crippen molar-refractivity contribution in [1.82, 2.24) is 0 Å². The van der Waals surface area contributed by atoms with Crippen molar-refractivity contribution < 1.29 is 14.1 Å². The Morgan fingerprint density at radius 1 is 1.04 bits per heavy atom. The molecule has 0 spiro atoms. The summed E-state index contributed by atoms with van der Waals surface area (Å²) in [6.07, 6.45) is 3.84. The molecule has 5 nitrogen and oxygen atoms in total. The number of benzene rings is 2. The number of carbonyl (C=O) groups is 1. The van der Waals surface area contributed by atoms with Crippen molar-refractivity contribution in [3.63, 3.8) is 0 Å². The van der Waals surface area contributed by atoms with Crippen molar-refractivity contribution >= 4 is 17.3 Å². The van der Waals surface area contributed by atoms with E-state index in [4.69, 9.17) is 10.5 Å². The zero-order valence-corrected chi connectivity index (χ0v) is 14.7. The van der Waals surface area contributed by atoms with Crippen LogP contribution in [0.2, 0.25) is 0 Å². The predicted molar refractivity (Wildman–Crippen MR) is 102 cm³/mol. The number of ether oxygens (including phenoxy) is 1. The fraction of sp³-hybridized carbons (Fsp3) is 0.143. The summed E-state index contributed by atoms with van der Waals surface area (Å²) in [5, 5.41) is 0. The highest BCUT2D eigenvalue weighted by Gasteiger charge is 2.13. The van der Waals surface area contributed by atoms with E-state index in [1.165, 1.54) is 0 Å². The van der Waals surface area contributed by atoms with Crippen molar-refractivity contribution in [2.75, 3.05) is 24.3 Å². The number of rotatable bonds is 6. The summed E-state index contributed by atoms with van der Waals surface area (Å²) in [5.74, 6) is 0.673. The zero-order chi connectivity index (χ0) is 18.4. The summed E-state index contributed by atoms with van der Waals surface area (Å²) >= 11 is 0. The molecule has 2 N–H and O–H groups in total. The van der Waals surface area contributed by atoms with E-state index in [1.807, 2.05) is 83.7 Å². The molecule has 26 heavy (non-hydrogen) atoms. The topological polar surface area (TPSA) is 59.4 Å². The molecule has 2 aromatic carbocycles. The summed E-state index contributed by atoms with van der Waals surface area (Å²) in [4.78, 5) is 14.2. The van der Waals surface area contributed by atoms with Gasteiger partial charge in [0.2, 0.25) is 0 Å².